The van der Waals surface area contributed by atoms with Crippen LogP contribution in [-0.2, 0) is 20.6 Å². The molecule has 1 aliphatic heterocycles. The van der Waals surface area contributed by atoms with Gasteiger partial charge in [0.1, 0.15) is 0 Å². The predicted molar refractivity (Wildman–Crippen MR) is 88.0 cm³/mol. The minimum Gasteiger partial charge on any atom is -0.361 e. The average Bonchev–Trinajstić information content (AvgIpc) is 3.00. The van der Waals surface area contributed by atoms with Crippen molar-refractivity contribution in [3.05, 3.63) is 27.2 Å². The number of hydrogen-bond donors (Lipinski definition) is 1. The quantitative estimate of drug-likeness (QED) is 0.650. The number of piperidine rings is 1. The molecular formula is C15H22N6O2. The molecule has 1 fully saturated rings. The van der Waals surface area contributed by atoms with Gasteiger partial charge >= 0.3 is 5.69 Å². The normalized spacial score (nSPS) is 15.3. The van der Waals surface area contributed by atoms with Crippen molar-refractivity contribution in [1.29, 1.82) is 5.41 Å². The number of nitrogens with one attached hydrogen (secondary N) is 1. The van der Waals surface area contributed by atoms with Gasteiger partial charge < -0.3 is 9.47 Å². The Balaban J connectivity index is 1.85. The van der Waals surface area contributed by atoms with Gasteiger partial charge in [0.25, 0.3) is 5.56 Å². The number of aryl methyl sites for hydroxylation is 2. The molecule has 8 nitrogen and oxygen atoms in total. The number of rotatable bonds is 3. The number of aromatic nitrogens is 4. The number of fused-ring (bicyclic) bond motifs is 1. The van der Waals surface area contributed by atoms with Crippen molar-refractivity contribution < 1.29 is 0 Å². The van der Waals surface area contributed by atoms with Gasteiger partial charge in [0.05, 0.1) is 12.2 Å². The van der Waals surface area contributed by atoms with Crippen molar-refractivity contribution in [3.63, 3.8) is 0 Å². The number of hydrogen-bond acceptors (Lipinski definition) is 4. The van der Waals surface area contributed by atoms with E-state index < -0.39 is 0 Å². The highest BCUT2D eigenvalue weighted by atomic mass is 16.2. The SMILES string of the molecule is Cn1c(=O)c2c(ncn2CCC(=N)N2CCCCC2)n(C)c1=O. The van der Waals surface area contributed by atoms with Crippen LogP contribution in [0.4, 0.5) is 0 Å². The lowest BCUT2D eigenvalue weighted by atomic mass is 10.1. The third-order valence-electron chi connectivity index (χ3n) is 4.54. The smallest absolute Gasteiger partial charge is 0.332 e. The number of nitrogens with zero attached hydrogens (tertiary/aromatic N) is 5. The highest BCUT2D eigenvalue weighted by molar-refractivity contribution is 5.79. The monoisotopic (exact) mass is 318 g/mol. The first-order valence-electron chi connectivity index (χ1n) is 7.94. The van der Waals surface area contributed by atoms with Crippen molar-refractivity contribution in [3.8, 4) is 0 Å². The molecule has 0 saturated carbocycles. The van der Waals surface area contributed by atoms with E-state index in [4.69, 9.17) is 5.41 Å². The fourth-order valence-electron chi connectivity index (χ4n) is 3.11. The molecule has 2 aromatic rings. The van der Waals surface area contributed by atoms with Crippen LogP contribution in [0.25, 0.3) is 11.2 Å². The number of amidine groups is 1. The van der Waals surface area contributed by atoms with Crippen LogP contribution < -0.4 is 11.2 Å². The Morgan fingerprint density at radius 3 is 2.57 bits per heavy atom. The molecule has 0 amide bonds. The largest absolute Gasteiger partial charge is 0.361 e. The van der Waals surface area contributed by atoms with Gasteiger partial charge in [-0.3, -0.25) is 19.3 Å². The molecule has 3 heterocycles. The summed E-state index contributed by atoms with van der Waals surface area (Å²) in [4.78, 5) is 30.6. The summed E-state index contributed by atoms with van der Waals surface area (Å²) in [5.41, 5.74) is 0.0857. The Morgan fingerprint density at radius 2 is 1.87 bits per heavy atom. The maximum atomic E-state index is 12.4. The molecule has 2 aromatic heterocycles. The summed E-state index contributed by atoms with van der Waals surface area (Å²) >= 11 is 0. The maximum absolute atomic E-state index is 12.4. The van der Waals surface area contributed by atoms with Crippen molar-refractivity contribution in [2.45, 2.75) is 32.2 Å². The van der Waals surface area contributed by atoms with Gasteiger partial charge in [-0.2, -0.15) is 0 Å². The summed E-state index contributed by atoms with van der Waals surface area (Å²) in [5, 5.41) is 8.22. The standard InChI is InChI=1S/C15H22N6O2/c1-18-13-12(14(22)19(2)15(18)23)21(10-17-13)9-6-11(16)20-7-4-3-5-8-20/h10,16H,3-9H2,1-2H3. The lowest BCUT2D eigenvalue weighted by Gasteiger charge is -2.29. The van der Waals surface area contributed by atoms with Gasteiger partial charge in [0, 0.05) is 40.2 Å². The molecule has 3 rings (SSSR count). The van der Waals surface area contributed by atoms with E-state index in [1.54, 1.807) is 17.9 Å². The van der Waals surface area contributed by atoms with Crippen LogP contribution in [0.3, 0.4) is 0 Å². The van der Waals surface area contributed by atoms with E-state index >= 15 is 0 Å². The Labute approximate surface area is 133 Å². The van der Waals surface area contributed by atoms with Gasteiger partial charge in [-0.15, -0.1) is 0 Å². The summed E-state index contributed by atoms with van der Waals surface area (Å²) in [6.07, 6.45) is 5.64. The van der Waals surface area contributed by atoms with E-state index in [9.17, 15) is 9.59 Å². The van der Waals surface area contributed by atoms with Crippen LogP contribution in [0.15, 0.2) is 15.9 Å². The zero-order chi connectivity index (χ0) is 16.6. The molecule has 0 unspecified atom stereocenters. The van der Waals surface area contributed by atoms with E-state index in [-0.39, 0.29) is 11.2 Å². The molecule has 0 aromatic carbocycles. The predicted octanol–water partition coefficient (Wildman–Crippen LogP) is 0.287. The molecule has 0 atom stereocenters. The summed E-state index contributed by atoms with van der Waals surface area (Å²) in [6, 6.07) is 0. The molecule has 23 heavy (non-hydrogen) atoms. The molecule has 124 valence electrons. The Hall–Kier alpha value is -2.38. The summed E-state index contributed by atoms with van der Waals surface area (Å²) in [6.45, 7) is 2.40. The second-order valence-corrected chi connectivity index (χ2v) is 6.06. The van der Waals surface area contributed by atoms with Gasteiger partial charge in [0.15, 0.2) is 11.2 Å². The minimum atomic E-state index is -0.381. The van der Waals surface area contributed by atoms with E-state index in [2.05, 4.69) is 9.88 Å². The van der Waals surface area contributed by atoms with E-state index in [1.807, 2.05) is 0 Å². The highest BCUT2D eigenvalue weighted by Gasteiger charge is 2.16. The molecular weight excluding hydrogens is 296 g/mol. The Morgan fingerprint density at radius 1 is 1.17 bits per heavy atom. The fraction of sp³-hybridized carbons (Fsp3) is 0.600. The van der Waals surface area contributed by atoms with E-state index in [0.717, 1.165) is 30.5 Å². The Bertz CT molecular complexity index is 853. The third-order valence-corrected chi connectivity index (χ3v) is 4.54. The first-order chi connectivity index (χ1) is 11.0. The summed E-state index contributed by atoms with van der Waals surface area (Å²) in [5.74, 6) is 0.605. The van der Waals surface area contributed by atoms with Crippen molar-refractivity contribution in [2.75, 3.05) is 13.1 Å². The molecule has 1 aliphatic rings. The van der Waals surface area contributed by atoms with Crippen LogP contribution >= 0.6 is 0 Å². The number of imidazole rings is 1. The first-order valence-corrected chi connectivity index (χ1v) is 7.94. The molecule has 0 bridgehead atoms. The van der Waals surface area contributed by atoms with Crippen molar-refractivity contribution in [1.82, 2.24) is 23.6 Å². The molecule has 0 aliphatic carbocycles. The summed E-state index contributed by atoms with van der Waals surface area (Å²) < 4.78 is 4.22. The van der Waals surface area contributed by atoms with Crippen molar-refractivity contribution >= 4 is 17.0 Å². The molecule has 8 heteroatoms. The summed E-state index contributed by atoms with van der Waals surface area (Å²) in [7, 11) is 3.08. The lowest BCUT2D eigenvalue weighted by molar-refractivity contribution is 0.333. The van der Waals surface area contributed by atoms with Crippen molar-refractivity contribution in [2.24, 2.45) is 14.1 Å². The number of likely N-dealkylation sites (tertiary alicyclic amines) is 1. The Kier molecular flexibility index (Phi) is 4.06. The van der Waals surface area contributed by atoms with Crippen LogP contribution in [0.2, 0.25) is 0 Å². The van der Waals surface area contributed by atoms with Crippen LogP contribution in [0.1, 0.15) is 25.7 Å². The van der Waals surface area contributed by atoms with Crippen LogP contribution in [-0.4, -0.2) is 42.5 Å². The first kappa shape index (κ1) is 15.5. The topological polar surface area (TPSA) is 88.9 Å². The van der Waals surface area contributed by atoms with Crippen LogP contribution in [0, 0.1) is 5.41 Å². The molecule has 0 radical (unpaired) electrons. The molecule has 1 saturated heterocycles. The lowest BCUT2D eigenvalue weighted by Crippen LogP contribution is -2.38. The fourth-order valence-corrected chi connectivity index (χ4v) is 3.11. The average molecular weight is 318 g/mol. The minimum absolute atomic E-state index is 0.342. The van der Waals surface area contributed by atoms with Crippen LogP contribution in [0.5, 0.6) is 0 Å². The van der Waals surface area contributed by atoms with E-state index in [1.165, 1.54) is 18.0 Å². The zero-order valence-corrected chi connectivity index (χ0v) is 13.6. The van der Waals surface area contributed by atoms with Gasteiger partial charge in [-0.05, 0) is 19.3 Å². The maximum Gasteiger partial charge on any atom is 0.332 e. The third kappa shape index (κ3) is 2.69. The van der Waals surface area contributed by atoms with Gasteiger partial charge in [-0.25, -0.2) is 9.78 Å². The zero-order valence-electron chi connectivity index (χ0n) is 13.6. The molecule has 0 spiro atoms. The second-order valence-electron chi connectivity index (χ2n) is 6.06. The van der Waals surface area contributed by atoms with Gasteiger partial charge in [0.2, 0.25) is 0 Å². The molecule has 1 N–H and O–H groups in total. The van der Waals surface area contributed by atoms with Gasteiger partial charge in [-0.1, -0.05) is 0 Å². The second kappa shape index (κ2) is 6.02. The van der Waals surface area contributed by atoms with E-state index in [0.29, 0.717) is 30.0 Å². The highest BCUT2D eigenvalue weighted by Crippen LogP contribution is 2.12.